The van der Waals surface area contributed by atoms with Crippen molar-refractivity contribution in [2.75, 3.05) is 31.2 Å². The van der Waals surface area contributed by atoms with Crippen molar-refractivity contribution in [2.24, 2.45) is 5.92 Å². The van der Waals surface area contributed by atoms with Crippen LogP contribution in [0.4, 0.5) is 5.69 Å². The minimum atomic E-state index is -0.360. The SMILES string of the molecule is CCc1ccc(N2C[C@H](C(=O)N3CCOC[C@@H]3CC(C)=O)CC2=O)cc1. The number of carbonyl (C=O) groups is 3. The number of benzene rings is 1. The van der Waals surface area contributed by atoms with Crippen LogP contribution < -0.4 is 4.90 Å². The highest BCUT2D eigenvalue weighted by Crippen LogP contribution is 2.28. The number of hydrogen-bond donors (Lipinski definition) is 0. The summed E-state index contributed by atoms with van der Waals surface area (Å²) in [5.41, 5.74) is 2.05. The van der Waals surface area contributed by atoms with E-state index in [4.69, 9.17) is 4.74 Å². The lowest BCUT2D eigenvalue weighted by Gasteiger charge is -2.36. The first-order valence-corrected chi connectivity index (χ1v) is 9.26. The number of morpholine rings is 1. The molecule has 2 amide bonds. The van der Waals surface area contributed by atoms with Crippen molar-refractivity contribution in [3.63, 3.8) is 0 Å². The average Bonchev–Trinajstić information content (AvgIpc) is 3.03. The lowest BCUT2D eigenvalue weighted by molar-refractivity contribution is -0.145. The fourth-order valence-corrected chi connectivity index (χ4v) is 3.71. The van der Waals surface area contributed by atoms with E-state index in [2.05, 4.69) is 6.92 Å². The molecule has 3 rings (SSSR count). The van der Waals surface area contributed by atoms with Gasteiger partial charge in [-0.3, -0.25) is 14.4 Å². The largest absolute Gasteiger partial charge is 0.377 e. The Kier molecular flexibility index (Phi) is 5.71. The lowest BCUT2D eigenvalue weighted by atomic mass is 10.0. The topological polar surface area (TPSA) is 66.9 Å². The van der Waals surface area contributed by atoms with Crippen molar-refractivity contribution in [3.05, 3.63) is 29.8 Å². The summed E-state index contributed by atoms with van der Waals surface area (Å²) in [6.07, 6.45) is 1.47. The molecule has 26 heavy (non-hydrogen) atoms. The molecule has 2 saturated heterocycles. The molecule has 0 aromatic heterocycles. The smallest absolute Gasteiger partial charge is 0.228 e. The van der Waals surface area contributed by atoms with Gasteiger partial charge in [-0.1, -0.05) is 19.1 Å². The Balaban J connectivity index is 1.70. The van der Waals surface area contributed by atoms with E-state index in [-0.39, 0.29) is 36.0 Å². The Morgan fingerprint density at radius 2 is 1.96 bits per heavy atom. The quantitative estimate of drug-likeness (QED) is 0.805. The summed E-state index contributed by atoms with van der Waals surface area (Å²) in [5.74, 6) is -0.385. The predicted octanol–water partition coefficient (Wildman–Crippen LogP) is 1.81. The standard InChI is InChI=1S/C20H26N2O4/c1-3-15-4-6-17(7-5-15)22-12-16(11-19(22)24)20(25)21-8-9-26-13-18(21)10-14(2)23/h4-7,16,18H,3,8-13H2,1-2H3/t16-,18+/m1/s1. The average molecular weight is 358 g/mol. The van der Waals surface area contributed by atoms with Crippen LogP contribution in [0.3, 0.4) is 0 Å². The van der Waals surface area contributed by atoms with E-state index in [1.165, 1.54) is 12.5 Å². The van der Waals surface area contributed by atoms with E-state index in [0.717, 1.165) is 12.1 Å². The second kappa shape index (κ2) is 7.99. The molecule has 0 bridgehead atoms. The number of aryl methyl sites for hydroxylation is 1. The van der Waals surface area contributed by atoms with E-state index in [0.29, 0.717) is 32.7 Å². The van der Waals surface area contributed by atoms with Crippen LogP contribution in [-0.4, -0.2) is 54.8 Å². The summed E-state index contributed by atoms with van der Waals surface area (Å²) in [7, 11) is 0. The second-order valence-corrected chi connectivity index (χ2v) is 7.09. The molecule has 0 aliphatic carbocycles. The third-order valence-corrected chi connectivity index (χ3v) is 5.16. The van der Waals surface area contributed by atoms with Gasteiger partial charge in [-0.2, -0.15) is 0 Å². The van der Waals surface area contributed by atoms with Gasteiger partial charge < -0.3 is 14.5 Å². The zero-order chi connectivity index (χ0) is 18.7. The minimum Gasteiger partial charge on any atom is -0.377 e. The molecule has 6 nitrogen and oxygen atoms in total. The van der Waals surface area contributed by atoms with Gasteiger partial charge in [-0.05, 0) is 31.0 Å². The van der Waals surface area contributed by atoms with E-state index in [1.807, 2.05) is 24.3 Å². The number of carbonyl (C=O) groups excluding carboxylic acids is 3. The molecule has 0 unspecified atom stereocenters. The molecule has 0 N–H and O–H groups in total. The Morgan fingerprint density at radius 1 is 1.23 bits per heavy atom. The number of anilines is 1. The Labute approximate surface area is 154 Å². The maximum Gasteiger partial charge on any atom is 0.228 e. The van der Waals surface area contributed by atoms with Crippen molar-refractivity contribution in [3.8, 4) is 0 Å². The van der Waals surface area contributed by atoms with Crippen molar-refractivity contribution < 1.29 is 19.1 Å². The maximum atomic E-state index is 13.0. The second-order valence-electron chi connectivity index (χ2n) is 7.09. The summed E-state index contributed by atoms with van der Waals surface area (Å²) in [6.45, 7) is 5.35. The summed E-state index contributed by atoms with van der Waals surface area (Å²) in [5, 5.41) is 0. The van der Waals surface area contributed by atoms with Crippen molar-refractivity contribution in [1.82, 2.24) is 4.90 Å². The molecule has 2 fully saturated rings. The highest BCUT2D eigenvalue weighted by Gasteiger charge is 2.39. The van der Waals surface area contributed by atoms with Gasteiger partial charge in [-0.15, -0.1) is 0 Å². The molecule has 1 aromatic carbocycles. The zero-order valence-electron chi connectivity index (χ0n) is 15.4. The fraction of sp³-hybridized carbons (Fsp3) is 0.550. The van der Waals surface area contributed by atoms with E-state index in [1.54, 1.807) is 9.80 Å². The number of ether oxygens (including phenoxy) is 1. The van der Waals surface area contributed by atoms with Crippen LogP contribution in [0, 0.1) is 5.92 Å². The van der Waals surface area contributed by atoms with E-state index < -0.39 is 0 Å². The number of hydrogen-bond acceptors (Lipinski definition) is 4. The number of amides is 2. The van der Waals surface area contributed by atoms with Crippen LogP contribution in [0.1, 0.15) is 32.3 Å². The van der Waals surface area contributed by atoms with Gasteiger partial charge >= 0.3 is 0 Å². The third-order valence-electron chi connectivity index (χ3n) is 5.16. The monoisotopic (exact) mass is 358 g/mol. The number of nitrogens with zero attached hydrogens (tertiary/aromatic N) is 2. The maximum absolute atomic E-state index is 13.0. The molecule has 0 saturated carbocycles. The van der Waals surface area contributed by atoms with E-state index >= 15 is 0 Å². The zero-order valence-corrected chi connectivity index (χ0v) is 15.4. The molecule has 2 heterocycles. The summed E-state index contributed by atoms with van der Waals surface area (Å²) in [6, 6.07) is 7.70. The molecule has 0 spiro atoms. The van der Waals surface area contributed by atoms with Crippen molar-refractivity contribution >= 4 is 23.3 Å². The van der Waals surface area contributed by atoms with Gasteiger partial charge in [0.25, 0.3) is 0 Å². The van der Waals surface area contributed by atoms with Gasteiger partial charge in [0, 0.05) is 31.6 Å². The van der Waals surface area contributed by atoms with Gasteiger partial charge in [0.2, 0.25) is 11.8 Å². The number of rotatable bonds is 5. The van der Waals surface area contributed by atoms with Crippen LogP contribution in [-0.2, 0) is 25.5 Å². The molecule has 2 aliphatic heterocycles. The number of Topliss-reactive ketones (excluding diaryl/α,β-unsaturated/α-hetero) is 1. The van der Waals surface area contributed by atoms with Gasteiger partial charge in [-0.25, -0.2) is 0 Å². The fourth-order valence-electron chi connectivity index (χ4n) is 3.71. The van der Waals surface area contributed by atoms with Crippen LogP contribution in [0.25, 0.3) is 0 Å². The molecule has 2 aliphatic rings. The first kappa shape index (κ1) is 18.6. The van der Waals surface area contributed by atoms with Crippen LogP contribution in [0.2, 0.25) is 0 Å². The van der Waals surface area contributed by atoms with Crippen LogP contribution >= 0.6 is 0 Å². The highest BCUT2D eigenvalue weighted by molar-refractivity contribution is 6.00. The molecule has 6 heteroatoms. The molecular formula is C20H26N2O4. The van der Waals surface area contributed by atoms with Crippen LogP contribution in [0.15, 0.2) is 24.3 Å². The van der Waals surface area contributed by atoms with Gasteiger partial charge in [0.1, 0.15) is 5.78 Å². The van der Waals surface area contributed by atoms with Crippen molar-refractivity contribution in [1.29, 1.82) is 0 Å². The lowest BCUT2D eigenvalue weighted by Crippen LogP contribution is -2.51. The molecular weight excluding hydrogens is 332 g/mol. The third kappa shape index (κ3) is 3.96. The van der Waals surface area contributed by atoms with E-state index in [9.17, 15) is 14.4 Å². The molecule has 1 aromatic rings. The Bertz CT molecular complexity index is 686. The van der Waals surface area contributed by atoms with Crippen LogP contribution in [0.5, 0.6) is 0 Å². The summed E-state index contributed by atoms with van der Waals surface area (Å²) < 4.78 is 5.44. The van der Waals surface area contributed by atoms with Gasteiger partial charge in [0.15, 0.2) is 0 Å². The number of ketones is 1. The summed E-state index contributed by atoms with van der Waals surface area (Å²) >= 11 is 0. The Hall–Kier alpha value is -2.21. The predicted molar refractivity (Wildman–Crippen MR) is 97.9 cm³/mol. The van der Waals surface area contributed by atoms with Gasteiger partial charge in [0.05, 0.1) is 25.2 Å². The first-order valence-electron chi connectivity index (χ1n) is 9.26. The Morgan fingerprint density at radius 3 is 2.62 bits per heavy atom. The first-order chi connectivity index (χ1) is 12.5. The molecule has 0 radical (unpaired) electrons. The van der Waals surface area contributed by atoms with Crippen molar-refractivity contribution in [2.45, 2.75) is 39.2 Å². The normalized spacial score (nSPS) is 23.4. The molecule has 140 valence electrons. The highest BCUT2D eigenvalue weighted by atomic mass is 16.5. The minimum absolute atomic E-state index is 0.0241. The summed E-state index contributed by atoms with van der Waals surface area (Å²) in [4.78, 5) is 40.4. The molecule has 2 atom stereocenters.